The van der Waals surface area contributed by atoms with E-state index in [1.54, 1.807) is 6.07 Å². The summed E-state index contributed by atoms with van der Waals surface area (Å²) in [6.07, 6.45) is 0. The van der Waals surface area contributed by atoms with Gasteiger partial charge in [0.2, 0.25) is 0 Å². The van der Waals surface area contributed by atoms with Crippen LogP contribution >= 0.6 is 27.3 Å². The maximum Gasteiger partial charge on any atom is 0.252 e. The van der Waals surface area contributed by atoms with Crippen molar-refractivity contribution in [3.8, 4) is 0 Å². The van der Waals surface area contributed by atoms with E-state index in [0.29, 0.717) is 17.3 Å². The van der Waals surface area contributed by atoms with Gasteiger partial charge in [-0.2, -0.15) is 4.31 Å². The highest BCUT2D eigenvalue weighted by Crippen LogP contribution is 2.32. The number of benzene rings is 1. The molecular weight excluding hydrogens is 358 g/mol. The van der Waals surface area contributed by atoms with Crippen LogP contribution in [0.4, 0.5) is 0 Å². The van der Waals surface area contributed by atoms with Gasteiger partial charge >= 0.3 is 0 Å². The lowest BCUT2D eigenvalue weighted by Gasteiger charge is -2.19. The van der Waals surface area contributed by atoms with Gasteiger partial charge in [-0.1, -0.05) is 37.3 Å². The van der Waals surface area contributed by atoms with Crippen molar-refractivity contribution < 1.29 is 8.42 Å². The molecule has 2 rings (SSSR count). The molecule has 0 atom stereocenters. The number of rotatable bonds is 5. The highest BCUT2D eigenvalue weighted by molar-refractivity contribution is 9.11. The Kier molecular flexibility index (Phi) is 5.01. The van der Waals surface area contributed by atoms with Crippen molar-refractivity contribution in [2.75, 3.05) is 6.54 Å². The summed E-state index contributed by atoms with van der Waals surface area (Å²) in [5.74, 6) is 0. The molecule has 20 heavy (non-hydrogen) atoms. The van der Waals surface area contributed by atoms with E-state index in [4.69, 9.17) is 0 Å². The van der Waals surface area contributed by atoms with Crippen LogP contribution in [0.2, 0.25) is 0 Å². The first kappa shape index (κ1) is 15.7. The standard InChI is InChI=1S/C14H16BrNO2S2/c1-3-16(10-12-7-5-4-6-8-12)20(17,18)13-9-11(2)14(15)19-13/h4-9H,3,10H2,1-2H3. The van der Waals surface area contributed by atoms with Crippen LogP contribution in [0.25, 0.3) is 0 Å². The number of hydrogen-bond donors (Lipinski definition) is 0. The Hall–Kier alpha value is -0.690. The summed E-state index contributed by atoms with van der Waals surface area (Å²) in [6, 6.07) is 11.4. The second-order valence-electron chi connectivity index (χ2n) is 4.44. The summed E-state index contributed by atoms with van der Waals surface area (Å²) >= 11 is 4.64. The minimum Gasteiger partial charge on any atom is -0.206 e. The second kappa shape index (κ2) is 6.39. The van der Waals surface area contributed by atoms with Crippen molar-refractivity contribution >= 4 is 37.3 Å². The predicted molar refractivity (Wildman–Crippen MR) is 86.5 cm³/mol. The van der Waals surface area contributed by atoms with Crippen molar-refractivity contribution in [2.24, 2.45) is 0 Å². The molecule has 0 bridgehead atoms. The van der Waals surface area contributed by atoms with Crippen LogP contribution in [0.5, 0.6) is 0 Å². The van der Waals surface area contributed by atoms with E-state index < -0.39 is 10.0 Å². The normalized spacial score (nSPS) is 12.0. The fourth-order valence-corrected chi connectivity index (χ4v) is 5.66. The fourth-order valence-electron chi connectivity index (χ4n) is 1.84. The molecule has 0 saturated carbocycles. The number of aryl methyl sites for hydroxylation is 1. The maximum absolute atomic E-state index is 12.6. The SMILES string of the molecule is CCN(Cc1ccccc1)S(=O)(=O)c1cc(C)c(Br)s1. The largest absolute Gasteiger partial charge is 0.252 e. The number of halogens is 1. The molecule has 0 N–H and O–H groups in total. The Morgan fingerprint density at radius 2 is 1.90 bits per heavy atom. The summed E-state index contributed by atoms with van der Waals surface area (Å²) in [5, 5.41) is 0. The smallest absolute Gasteiger partial charge is 0.206 e. The summed E-state index contributed by atoms with van der Waals surface area (Å²) in [4.78, 5) is 0. The van der Waals surface area contributed by atoms with Crippen LogP contribution in [0.15, 0.2) is 44.4 Å². The zero-order valence-electron chi connectivity index (χ0n) is 11.3. The third-order valence-corrected chi connectivity index (χ3v) is 7.49. The number of sulfonamides is 1. The van der Waals surface area contributed by atoms with Crippen LogP contribution in [-0.4, -0.2) is 19.3 Å². The molecule has 0 amide bonds. The maximum atomic E-state index is 12.6. The minimum atomic E-state index is -3.43. The number of nitrogens with zero attached hydrogens (tertiary/aromatic N) is 1. The van der Waals surface area contributed by atoms with E-state index in [1.807, 2.05) is 44.2 Å². The molecule has 0 unspecified atom stereocenters. The van der Waals surface area contributed by atoms with E-state index in [0.717, 1.165) is 14.9 Å². The fraction of sp³-hybridized carbons (Fsp3) is 0.286. The molecule has 1 aromatic carbocycles. The number of thiophene rings is 1. The van der Waals surface area contributed by atoms with Gasteiger partial charge in [-0.15, -0.1) is 11.3 Å². The van der Waals surface area contributed by atoms with Crippen LogP contribution < -0.4 is 0 Å². The average Bonchev–Trinajstić information content (AvgIpc) is 2.78. The minimum absolute atomic E-state index is 0.389. The van der Waals surface area contributed by atoms with Crippen molar-refractivity contribution in [2.45, 2.75) is 24.6 Å². The summed E-state index contributed by atoms with van der Waals surface area (Å²) < 4.78 is 28.1. The first-order valence-electron chi connectivity index (χ1n) is 6.25. The molecule has 0 aliphatic carbocycles. The van der Waals surface area contributed by atoms with Crippen molar-refractivity contribution in [3.05, 3.63) is 51.3 Å². The van der Waals surface area contributed by atoms with Gasteiger partial charge in [0.05, 0.1) is 3.79 Å². The average molecular weight is 374 g/mol. The zero-order chi connectivity index (χ0) is 14.8. The molecule has 0 aliphatic rings. The first-order chi connectivity index (χ1) is 9.45. The molecular formula is C14H16BrNO2S2. The van der Waals surface area contributed by atoms with E-state index in [2.05, 4.69) is 15.9 Å². The monoisotopic (exact) mass is 373 g/mol. The molecule has 0 saturated heterocycles. The summed E-state index contributed by atoms with van der Waals surface area (Å²) in [7, 11) is -3.43. The molecule has 0 aliphatic heterocycles. The Morgan fingerprint density at radius 1 is 1.25 bits per heavy atom. The van der Waals surface area contributed by atoms with Crippen LogP contribution in [0, 0.1) is 6.92 Å². The van der Waals surface area contributed by atoms with E-state index in [9.17, 15) is 8.42 Å². The molecule has 108 valence electrons. The Morgan fingerprint density at radius 3 is 2.40 bits per heavy atom. The number of hydrogen-bond acceptors (Lipinski definition) is 3. The lowest BCUT2D eigenvalue weighted by Crippen LogP contribution is -2.29. The van der Waals surface area contributed by atoms with Gasteiger partial charge < -0.3 is 0 Å². The van der Waals surface area contributed by atoms with Crippen molar-refractivity contribution in [3.63, 3.8) is 0 Å². The molecule has 0 radical (unpaired) electrons. The van der Waals surface area contributed by atoms with Crippen LogP contribution in [-0.2, 0) is 16.6 Å². The van der Waals surface area contributed by atoms with E-state index in [1.165, 1.54) is 15.6 Å². The lowest BCUT2D eigenvalue weighted by atomic mass is 10.2. The van der Waals surface area contributed by atoms with Gasteiger partial charge in [-0.25, -0.2) is 8.42 Å². The van der Waals surface area contributed by atoms with Gasteiger partial charge in [0.1, 0.15) is 4.21 Å². The molecule has 2 aromatic rings. The van der Waals surface area contributed by atoms with Crippen LogP contribution in [0.1, 0.15) is 18.1 Å². The summed E-state index contributed by atoms with van der Waals surface area (Å²) in [6.45, 7) is 4.60. The van der Waals surface area contributed by atoms with Gasteiger partial charge in [-0.3, -0.25) is 0 Å². The highest BCUT2D eigenvalue weighted by atomic mass is 79.9. The third-order valence-electron chi connectivity index (χ3n) is 2.98. The van der Waals surface area contributed by atoms with Gasteiger partial charge in [0.15, 0.2) is 0 Å². The lowest BCUT2D eigenvalue weighted by molar-refractivity contribution is 0.425. The molecule has 0 fully saturated rings. The molecule has 1 aromatic heterocycles. The molecule has 0 spiro atoms. The predicted octanol–water partition coefficient (Wildman–Crippen LogP) is 4.03. The second-order valence-corrected chi connectivity index (χ2v) is 8.97. The van der Waals surface area contributed by atoms with Gasteiger partial charge in [0.25, 0.3) is 10.0 Å². The van der Waals surface area contributed by atoms with E-state index in [-0.39, 0.29) is 0 Å². The summed E-state index contributed by atoms with van der Waals surface area (Å²) in [5.41, 5.74) is 1.94. The van der Waals surface area contributed by atoms with Gasteiger partial charge in [-0.05, 0) is 40.0 Å². The highest BCUT2D eigenvalue weighted by Gasteiger charge is 2.25. The molecule has 3 nitrogen and oxygen atoms in total. The Labute approximate surface area is 132 Å². The van der Waals surface area contributed by atoms with Gasteiger partial charge in [0, 0.05) is 13.1 Å². The van der Waals surface area contributed by atoms with Crippen LogP contribution in [0.3, 0.4) is 0 Å². The Bertz CT molecular complexity index is 661. The topological polar surface area (TPSA) is 37.4 Å². The molecule has 6 heteroatoms. The quantitative estimate of drug-likeness (QED) is 0.793. The first-order valence-corrected chi connectivity index (χ1v) is 9.30. The Balaban J connectivity index is 2.30. The van der Waals surface area contributed by atoms with E-state index >= 15 is 0 Å². The van der Waals surface area contributed by atoms with Crippen molar-refractivity contribution in [1.82, 2.24) is 4.31 Å². The van der Waals surface area contributed by atoms with Crippen molar-refractivity contribution in [1.29, 1.82) is 0 Å². The third kappa shape index (κ3) is 3.31. The molecule has 1 heterocycles. The zero-order valence-corrected chi connectivity index (χ0v) is 14.6.